The SMILES string of the molecule is CC(C)CCC[C@@H](C)[C@H]1CC[C@H]2[C@@H]3CC4SC45C[C@@H](OS)CC[C@]5(C)[C@H]3CC[C@]12C. The molecule has 1 aliphatic heterocycles. The van der Waals surface area contributed by atoms with E-state index in [0.29, 0.717) is 21.7 Å². The van der Waals surface area contributed by atoms with Crippen LogP contribution in [0.2, 0.25) is 0 Å². The first-order valence-electron chi connectivity index (χ1n) is 13.2. The molecule has 172 valence electrons. The van der Waals surface area contributed by atoms with Gasteiger partial charge in [0.25, 0.3) is 0 Å². The second-order valence-corrected chi connectivity index (χ2v) is 14.8. The van der Waals surface area contributed by atoms with Gasteiger partial charge in [0.2, 0.25) is 0 Å². The van der Waals surface area contributed by atoms with E-state index < -0.39 is 0 Å². The van der Waals surface area contributed by atoms with Gasteiger partial charge >= 0.3 is 0 Å². The Kier molecular flexibility index (Phi) is 5.89. The molecule has 0 bridgehead atoms. The van der Waals surface area contributed by atoms with Crippen molar-refractivity contribution in [3.05, 3.63) is 0 Å². The van der Waals surface area contributed by atoms with E-state index in [-0.39, 0.29) is 0 Å². The summed E-state index contributed by atoms with van der Waals surface area (Å²) < 4.78 is 6.10. The Labute approximate surface area is 196 Å². The molecule has 4 saturated carbocycles. The first-order valence-corrected chi connectivity index (χ1v) is 14.5. The van der Waals surface area contributed by atoms with Crippen molar-refractivity contribution >= 4 is 24.7 Å². The van der Waals surface area contributed by atoms with E-state index in [9.17, 15) is 0 Å². The molecule has 1 spiro atoms. The summed E-state index contributed by atoms with van der Waals surface area (Å²) in [5.74, 6) is 5.74. The van der Waals surface area contributed by atoms with Crippen molar-refractivity contribution in [1.82, 2.24) is 0 Å². The molecule has 0 aromatic rings. The average Bonchev–Trinajstić information content (AvgIpc) is 3.28. The van der Waals surface area contributed by atoms with Crippen molar-refractivity contribution in [3.63, 3.8) is 0 Å². The maximum Gasteiger partial charge on any atom is 0.0733 e. The Morgan fingerprint density at radius 2 is 1.80 bits per heavy atom. The maximum atomic E-state index is 5.57. The highest BCUT2D eigenvalue weighted by Crippen LogP contribution is 2.80. The van der Waals surface area contributed by atoms with Gasteiger partial charge in [-0.2, -0.15) is 0 Å². The molecule has 4 aliphatic carbocycles. The fourth-order valence-electron chi connectivity index (χ4n) is 9.75. The van der Waals surface area contributed by atoms with Crippen LogP contribution >= 0.6 is 24.7 Å². The normalized spacial score (nSPS) is 52.9. The topological polar surface area (TPSA) is 9.23 Å². The van der Waals surface area contributed by atoms with Gasteiger partial charge in [0, 0.05) is 10.00 Å². The Bertz CT molecular complexity index is 651. The van der Waals surface area contributed by atoms with Gasteiger partial charge in [0.05, 0.1) is 6.10 Å². The molecule has 2 unspecified atom stereocenters. The molecule has 1 nitrogen and oxygen atoms in total. The summed E-state index contributed by atoms with van der Waals surface area (Å²) in [6.45, 7) is 12.8. The van der Waals surface area contributed by atoms with Crippen molar-refractivity contribution in [2.24, 2.45) is 46.3 Å². The molecular formula is C27H46OS2. The Balaban J connectivity index is 1.32. The zero-order valence-electron chi connectivity index (χ0n) is 20.2. The summed E-state index contributed by atoms with van der Waals surface area (Å²) in [4.78, 5) is 0. The molecule has 5 fully saturated rings. The second-order valence-electron chi connectivity index (χ2n) is 13.0. The maximum absolute atomic E-state index is 5.57. The minimum absolute atomic E-state index is 0.395. The van der Waals surface area contributed by atoms with Gasteiger partial charge in [-0.05, 0) is 111 Å². The monoisotopic (exact) mass is 450 g/mol. The summed E-state index contributed by atoms with van der Waals surface area (Å²) in [7, 11) is 0. The predicted octanol–water partition coefficient (Wildman–Crippen LogP) is 8.19. The molecule has 5 aliphatic rings. The summed E-state index contributed by atoms with van der Waals surface area (Å²) in [5, 5.41) is 0.917. The van der Waals surface area contributed by atoms with Crippen LogP contribution in [-0.2, 0) is 4.18 Å². The molecule has 0 radical (unpaired) electrons. The third-order valence-corrected chi connectivity index (χ3v) is 13.7. The molecule has 0 amide bonds. The van der Waals surface area contributed by atoms with Crippen LogP contribution in [-0.4, -0.2) is 16.1 Å². The van der Waals surface area contributed by atoms with E-state index in [1.54, 1.807) is 0 Å². The van der Waals surface area contributed by atoms with Crippen molar-refractivity contribution in [1.29, 1.82) is 0 Å². The smallest absolute Gasteiger partial charge is 0.0733 e. The van der Waals surface area contributed by atoms with Gasteiger partial charge in [-0.3, -0.25) is 0 Å². The number of fused-ring (bicyclic) bond motifs is 4. The molecule has 10 atom stereocenters. The number of hydrogen-bond acceptors (Lipinski definition) is 3. The van der Waals surface area contributed by atoms with Crippen molar-refractivity contribution < 1.29 is 4.18 Å². The van der Waals surface area contributed by atoms with Gasteiger partial charge in [-0.1, -0.05) is 53.9 Å². The van der Waals surface area contributed by atoms with Crippen LogP contribution in [0.5, 0.6) is 0 Å². The van der Waals surface area contributed by atoms with E-state index in [1.165, 1.54) is 70.6 Å². The second kappa shape index (κ2) is 7.86. The first-order chi connectivity index (χ1) is 14.2. The molecule has 5 rings (SSSR count). The highest BCUT2D eigenvalue weighted by molar-refractivity contribution is 8.08. The average molecular weight is 451 g/mol. The Morgan fingerprint density at radius 1 is 1.00 bits per heavy atom. The van der Waals surface area contributed by atoms with E-state index in [0.717, 1.165) is 40.8 Å². The summed E-state index contributed by atoms with van der Waals surface area (Å²) >= 11 is 6.57. The predicted molar refractivity (Wildman–Crippen MR) is 133 cm³/mol. The molecule has 0 aromatic carbocycles. The number of hydrogen-bond donors (Lipinski definition) is 1. The zero-order valence-corrected chi connectivity index (χ0v) is 21.9. The lowest BCUT2D eigenvalue weighted by Crippen LogP contribution is -2.58. The lowest BCUT2D eigenvalue weighted by atomic mass is 9.44. The van der Waals surface area contributed by atoms with Crippen LogP contribution in [0.1, 0.15) is 105 Å². The van der Waals surface area contributed by atoms with Crippen LogP contribution < -0.4 is 0 Å². The van der Waals surface area contributed by atoms with Gasteiger partial charge in [-0.15, -0.1) is 11.8 Å². The number of rotatable bonds is 6. The van der Waals surface area contributed by atoms with Crippen LogP contribution in [0.25, 0.3) is 0 Å². The molecule has 1 saturated heterocycles. The quantitative estimate of drug-likeness (QED) is 0.248. The van der Waals surface area contributed by atoms with Gasteiger partial charge in [0.1, 0.15) is 0 Å². The minimum Gasteiger partial charge on any atom is -0.315 e. The van der Waals surface area contributed by atoms with Crippen LogP contribution in [0.4, 0.5) is 0 Å². The van der Waals surface area contributed by atoms with E-state index in [2.05, 4.69) is 59.3 Å². The zero-order chi connectivity index (χ0) is 21.3. The molecule has 3 heteroatoms. The first kappa shape index (κ1) is 22.5. The minimum atomic E-state index is 0.395. The van der Waals surface area contributed by atoms with Crippen LogP contribution in [0, 0.1) is 46.3 Å². The fourth-order valence-corrected chi connectivity index (χ4v) is 12.0. The number of thioether (sulfide) groups is 1. The largest absolute Gasteiger partial charge is 0.315 e. The van der Waals surface area contributed by atoms with Crippen molar-refractivity contribution in [2.75, 3.05) is 0 Å². The van der Waals surface area contributed by atoms with Gasteiger partial charge in [0.15, 0.2) is 0 Å². The van der Waals surface area contributed by atoms with E-state index in [4.69, 9.17) is 4.18 Å². The Hall–Kier alpha value is 0.660. The highest BCUT2D eigenvalue weighted by Gasteiger charge is 2.75. The standard InChI is InChI=1S/C27H46OS2/c1-17(2)7-6-8-18(3)21-9-10-22-20-15-24-27(30-24)16-19(28-29)11-14-26(27,5)23(20)12-13-25(21,22)4/h17-24,29H,6-16H2,1-5H3/t18-,19+,20+,21-,22+,23+,24?,25-,26-,27?/m1/s1. The molecular weight excluding hydrogens is 404 g/mol. The third kappa shape index (κ3) is 3.21. The fraction of sp³-hybridized carbons (Fsp3) is 1.00. The highest BCUT2D eigenvalue weighted by atomic mass is 32.2. The lowest BCUT2D eigenvalue weighted by molar-refractivity contribution is -0.0991. The third-order valence-electron chi connectivity index (χ3n) is 11.4. The van der Waals surface area contributed by atoms with E-state index >= 15 is 0 Å². The Morgan fingerprint density at radius 3 is 2.53 bits per heavy atom. The van der Waals surface area contributed by atoms with Gasteiger partial charge < -0.3 is 4.18 Å². The molecule has 1 heterocycles. The van der Waals surface area contributed by atoms with E-state index in [1.807, 2.05) is 0 Å². The lowest BCUT2D eigenvalue weighted by Gasteiger charge is -2.60. The van der Waals surface area contributed by atoms with Crippen LogP contribution in [0.15, 0.2) is 0 Å². The van der Waals surface area contributed by atoms with Crippen molar-refractivity contribution in [3.8, 4) is 0 Å². The summed E-state index contributed by atoms with van der Waals surface area (Å²) in [5.41, 5.74) is 1.18. The van der Waals surface area contributed by atoms with Crippen LogP contribution in [0.3, 0.4) is 0 Å². The molecule has 0 aromatic heterocycles. The summed E-state index contributed by atoms with van der Waals surface area (Å²) in [6, 6.07) is 0. The summed E-state index contributed by atoms with van der Waals surface area (Å²) in [6.07, 6.45) is 16.2. The van der Waals surface area contributed by atoms with Crippen molar-refractivity contribution in [2.45, 2.75) is 121 Å². The molecule has 30 heavy (non-hydrogen) atoms. The van der Waals surface area contributed by atoms with Gasteiger partial charge in [-0.25, -0.2) is 0 Å². The number of thiol groups is 1. The molecule has 0 N–H and O–H groups in total.